The highest BCUT2D eigenvalue weighted by molar-refractivity contribution is 5.76. The maximum Gasteiger partial charge on any atom is 0.220 e. The van der Waals surface area contributed by atoms with Crippen LogP contribution in [0.5, 0.6) is 0 Å². The lowest BCUT2D eigenvalue weighted by Crippen LogP contribution is -2.53. The van der Waals surface area contributed by atoms with E-state index in [0.29, 0.717) is 36.3 Å². The number of nitrogens with zero attached hydrogens (tertiary/aromatic N) is 1. The molecule has 0 aromatic heterocycles. The number of hydrogen-bond donors (Lipinski definition) is 2. The van der Waals surface area contributed by atoms with Crippen LogP contribution in [0.15, 0.2) is 0 Å². The molecule has 1 saturated heterocycles. The molecule has 3 N–H and O–H groups in total. The van der Waals surface area contributed by atoms with E-state index in [4.69, 9.17) is 5.73 Å². The Morgan fingerprint density at radius 1 is 1.08 bits per heavy atom. The molecular formula is C19H33N3O2. The van der Waals surface area contributed by atoms with E-state index in [1.54, 1.807) is 6.92 Å². The predicted molar refractivity (Wildman–Crippen MR) is 94.2 cm³/mol. The fraction of sp³-hybridized carbons (Fsp3) is 0.895. The summed E-state index contributed by atoms with van der Waals surface area (Å²) in [6.45, 7) is 3.35. The van der Waals surface area contributed by atoms with Gasteiger partial charge in [0.15, 0.2) is 0 Å². The lowest BCUT2D eigenvalue weighted by molar-refractivity contribution is -0.130. The van der Waals surface area contributed by atoms with Crippen molar-refractivity contribution in [3.8, 4) is 0 Å². The topological polar surface area (TPSA) is 75.4 Å². The third kappa shape index (κ3) is 4.29. The van der Waals surface area contributed by atoms with Crippen LogP contribution in [0.25, 0.3) is 0 Å². The van der Waals surface area contributed by atoms with E-state index in [0.717, 1.165) is 45.2 Å². The van der Waals surface area contributed by atoms with Crippen molar-refractivity contribution in [3.63, 3.8) is 0 Å². The van der Waals surface area contributed by atoms with E-state index in [1.807, 2.05) is 4.90 Å². The predicted octanol–water partition coefficient (Wildman–Crippen LogP) is 2.05. The van der Waals surface area contributed by atoms with Crippen molar-refractivity contribution in [1.29, 1.82) is 0 Å². The van der Waals surface area contributed by atoms with Gasteiger partial charge in [-0.1, -0.05) is 6.42 Å². The molecule has 2 saturated carbocycles. The molecule has 2 bridgehead atoms. The number of likely N-dealkylation sites (tertiary alicyclic amines) is 1. The minimum absolute atomic E-state index is 0.174. The van der Waals surface area contributed by atoms with E-state index in [2.05, 4.69) is 5.32 Å². The number of piperidine rings is 1. The number of fused-ring (bicyclic) bond motifs is 2. The van der Waals surface area contributed by atoms with Crippen LogP contribution in [0.1, 0.15) is 64.7 Å². The van der Waals surface area contributed by atoms with E-state index in [1.165, 1.54) is 19.3 Å². The van der Waals surface area contributed by atoms with Gasteiger partial charge in [-0.15, -0.1) is 0 Å². The summed E-state index contributed by atoms with van der Waals surface area (Å²) in [5.41, 5.74) is 6.17. The summed E-state index contributed by atoms with van der Waals surface area (Å²) in [5.74, 6) is 2.17. The van der Waals surface area contributed by atoms with Crippen LogP contribution in [-0.4, -0.2) is 41.9 Å². The molecule has 1 aliphatic heterocycles. The van der Waals surface area contributed by atoms with Crippen LogP contribution in [-0.2, 0) is 9.59 Å². The highest BCUT2D eigenvalue weighted by Gasteiger charge is 2.39. The number of nitrogens with two attached hydrogens (primary N) is 1. The summed E-state index contributed by atoms with van der Waals surface area (Å²) in [5, 5.41) is 3.35. The number of amides is 2. The quantitative estimate of drug-likeness (QED) is 0.825. The monoisotopic (exact) mass is 335 g/mol. The summed E-state index contributed by atoms with van der Waals surface area (Å²) >= 11 is 0. The van der Waals surface area contributed by atoms with Crippen LogP contribution >= 0.6 is 0 Å². The average Bonchev–Trinajstić information content (AvgIpc) is 2.54. The molecule has 5 heteroatoms. The minimum atomic E-state index is 0.174. The zero-order valence-corrected chi connectivity index (χ0v) is 15.0. The second-order valence-electron chi connectivity index (χ2n) is 8.26. The second kappa shape index (κ2) is 7.85. The summed E-state index contributed by atoms with van der Waals surface area (Å²) in [6.07, 6.45) is 9.55. The van der Waals surface area contributed by atoms with Gasteiger partial charge in [0.1, 0.15) is 0 Å². The first-order valence-corrected chi connectivity index (χ1v) is 9.83. The van der Waals surface area contributed by atoms with Crippen LogP contribution in [0.2, 0.25) is 0 Å². The van der Waals surface area contributed by atoms with Gasteiger partial charge in [-0.25, -0.2) is 0 Å². The largest absolute Gasteiger partial charge is 0.353 e. The number of carbonyl (C=O) groups excluding carboxylic acids is 2. The zero-order valence-electron chi connectivity index (χ0n) is 15.0. The van der Waals surface area contributed by atoms with E-state index in [9.17, 15) is 9.59 Å². The van der Waals surface area contributed by atoms with Crippen molar-refractivity contribution < 1.29 is 9.59 Å². The second-order valence-corrected chi connectivity index (χ2v) is 8.26. The van der Waals surface area contributed by atoms with Crippen molar-refractivity contribution in [3.05, 3.63) is 0 Å². The van der Waals surface area contributed by atoms with Crippen LogP contribution < -0.4 is 11.1 Å². The molecular weight excluding hydrogens is 302 g/mol. The maximum absolute atomic E-state index is 12.4. The standard InChI is InChI=1S/C19H33N3O2/c1-13(23)22-9-7-14(8-10-22)5-6-18(24)21-19-15-3-2-4-16(19)12-17(20)11-15/h14-17,19H,2-12,20H2,1H3,(H,21,24). The molecule has 3 fully saturated rings. The molecule has 5 nitrogen and oxygen atoms in total. The number of hydrogen-bond acceptors (Lipinski definition) is 3. The Bertz CT molecular complexity index is 446. The Kier molecular flexibility index (Phi) is 5.80. The summed E-state index contributed by atoms with van der Waals surface area (Å²) in [7, 11) is 0. The molecule has 0 aromatic rings. The molecule has 2 unspecified atom stereocenters. The van der Waals surface area contributed by atoms with E-state index in [-0.39, 0.29) is 11.8 Å². The third-order valence-electron chi connectivity index (χ3n) is 6.54. The number of nitrogens with one attached hydrogen (secondary N) is 1. The highest BCUT2D eigenvalue weighted by Crippen LogP contribution is 2.39. The average molecular weight is 335 g/mol. The fourth-order valence-electron chi connectivity index (χ4n) is 5.15. The molecule has 3 rings (SSSR count). The molecule has 2 aliphatic carbocycles. The van der Waals surface area contributed by atoms with Gasteiger partial charge in [-0.3, -0.25) is 9.59 Å². The first-order chi connectivity index (χ1) is 11.5. The van der Waals surface area contributed by atoms with Crippen molar-refractivity contribution in [1.82, 2.24) is 10.2 Å². The van der Waals surface area contributed by atoms with E-state index < -0.39 is 0 Å². The smallest absolute Gasteiger partial charge is 0.220 e. The maximum atomic E-state index is 12.4. The lowest BCUT2D eigenvalue weighted by Gasteiger charge is -2.45. The van der Waals surface area contributed by atoms with Gasteiger partial charge < -0.3 is 16.0 Å². The Hall–Kier alpha value is -1.10. The van der Waals surface area contributed by atoms with Gasteiger partial charge in [0.2, 0.25) is 11.8 Å². The van der Waals surface area contributed by atoms with Crippen LogP contribution in [0.4, 0.5) is 0 Å². The SMILES string of the molecule is CC(=O)N1CCC(CCC(=O)NC2C3CCCC2CC(N)C3)CC1. The van der Waals surface area contributed by atoms with Crippen molar-refractivity contribution >= 4 is 11.8 Å². The number of carbonyl (C=O) groups is 2. The summed E-state index contributed by atoms with van der Waals surface area (Å²) in [4.78, 5) is 25.7. The Morgan fingerprint density at radius 3 is 2.29 bits per heavy atom. The third-order valence-corrected chi connectivity index (χ3v) is 6.54. The van der Waals surface area contributed by atoms with Gasteiger partial charge in [0, 0.05) is 38.5 Å². The highest BCUT2D eigenvalue weighted by atomic mass is 16.2. The van der Waals surface area contributed by atoms with Crippen molar-refractivity contribution in [2.24, 2.45) is 23.5 Å². The van der Waals surface area contributed by atoms with Gasteiger partial charge in [0.25, 0.3) is 0 Å². The molecule has 2 amide bonds. The lowest BCUT2D eigenvalue weighted by atomic mass is 9.67. The fourth-order valence-corrected chi connectivity index (χ4v) is 5.15. The molecule has 136 valence electrons. The summed E-state index contributed by atoms with van der Waals surface area (Å²) < 4.78 is 0. The first-order valence-electron chi connectivity index (χ1n) is 9.83. The Labute approximate surface area is 145 Å². The zero-order chi connectivity index (χ0) is 17.1. The molecule has 1 heterocycles. The normalized spacial score (nSPS) is 34.0. The Morgan fingerprint density at radius 2 is 1.71 bits per heavy atom. The van der Waals surface area contributed by atoms with Crippen LogP contribution in [0, 0.1) is 17.8 Å². The van der Waals surface area contributed by atoms with Crippen molar-refractivity contribution in [2.45, 2.75) is 76.8 Å². The molecule has 0 spiro atoms. The minimum Gasteiger partial charge on any atom is -0.353 e. The molecule has 3 aliphatic rings. The van der Waals surface area contributed by atoms with E-state index >= 15 is 0 Å². The van der Waals surface area contributed by atoms with Gasteiger partial charge >= 0.3 is 0 Å². The Balaban J connectivity index is 1.41. The molecule has 0 aromatic carbocycles. The van der Waals surface area contributed by atoms with Gasteiger partial charge in [-0.2, -0.15) is 0 Å². The van der Waals surface area contributed by atoms with Crippen LogP contribution in [0.3, 0.4) is 0 Å². The van der Waals surface area contributed by atoms with Gasteiger partial charge in [0.05, 0.1) is 0 Å². The summed E-state index contributed by atoms with van der Waals surface area (Å²) in [6, 6.07) is 0.700. The molecule has 24 heavy (non-hydrogen) atoms. The number of rotatable bonds is 4. The first kappa shape index (κ1) is 17.7. The van der Waals surface area contributed by atoms with Gasteiger partial charge in [-0.05, 0) is 62.7 Å². The molecule has 0 radical (unpaired) electrons. The van der Waals surface area contributed by atoms with Crippen molar-refractivity contribution in [2.75, 3.05) is 13.1 Å². The molecule has 2 atom stereocenters.